The summed E-state index contributed by atoms with van der Waals surface area (Å²) in [5.74, 6) is 0.00184. The van der Waals surface area contributed by atoms with Crippen molar-refractivity contribution in [3.8, 4) is 0 Å². The standard InChI is InChI=1S/C22H21N3O/c1-16-6-2-3-8-18(16)14-24-20-12-19(13-23-15-20)22(26)25-11-10-17-7-4-5-9-21(17)25/h2-9,12-13,15,24H,10-11,14H2,1H3. The van der Waals surface area contributed by atoms with Crippen molar-refractivity contribution in [3.63, 3.8) is 0 Å². The van der Waals surface area contributed by atoms with Gasteiger partial charge in [-0.05, 0) is 42.2 Å². The second kappa shape index (κ2) is 7.00. The first kappa shape index (κ1) is 16.3. The smallest absolute Gasteiger partial charge is 0.259 e. The second-order valence-electron chi connectivity index (χ2n) is 6.58. The maximum absolute atomic E-state index is 12.9. The highest BCUT2D eigenvalue weighted by atomic mass is 16.2. The van der Waals surface area contributed by atoms with Gasteiger partial charge in [0.1, 0.15) is 0 Å². The van der Waals surface area contributed by atoms with Crippen LogP contribution in [0, 0.1) is 6.92 Å². The molecule has 1 aliphatic rings. The molecule has 4 heteroatoms. The van der Waals surface area contributed by atoms with Gasteiger partial charge in [-0.2, -0.15) is 0 Å². The Bertz CT molecular complexity index is 951. The average molecular weight is 343 g/mol. The summed E-state index contributed by atoms with van der Waals surface area (Å²) in [5.41, 5.74) is 6.17. The fourth-order valence-electron chi connectivity index (χ4n) is 3.36. The SMILES string of the molecule is Cc1ccccc1CNc1cncc(C(=O)N2CCc3ccccc32)c1. The van der Waals surface area contributed by atoms with Gasteiger partial charge in [0.05, 0.1) is 11.3 Å². The molecule has 1 aliphatic heterocycles. The number of hydrogen-bond acceptors (Lipinski definition) is 3. The summed E-state index contributed by atoms with van der Waals surface area (Å²) >= 11 is 0. The predicted octanol–water partition coefficient (Wildman–Crippen LogP) is 4.21. The summed E-state index contributed by atoms with van der Waals surface area (Å²) in [6.45, 7) is 3.53. The highest BCUT2D eigenvalue weighted by Gasteiger charge is 2.25. The second-order valence-corrected chi connectivity index (χ2v) is 6.58. The molecule has 0 bridgehead atoms. The van der Waals surface area contributed by atoms with Crippen molar-refractivity contribution in [1.82, 2.24) is 4.98 Å². The average Bonchev–Trinajstić information content (AvgIpc) is 3.11. The van der Waals surface area contributed by atoms with E-state index >= 15 is 0 Å². The number of nitrogens with zero attached hydrogens (tertiary/aromatic N) is 2. The normalized spacial score (nSPS) is 12.7. The summed E-state index contributed by atoms with van der Waals surface area (Å²) in [6.07, 6.45) is 4.30. The third kappa shape index (κ3) is 3.18. The number of aryl methyl sites for hydroxylation is 1. The molecule has 3 aromatic rings. The number of rotatable bonds is 4. The minimum atomic E-state index is 0.00184. The fraction of sp³-hybridized carbons (Fsp3) is 0.182. The van der Waals surface area contributed by atoms with Gasteiger partial charge in [-0.25, -0.2) is 0 Å². The lowest BCUT2D eigenvalue weighted by Gasteiger charge is -2.17. The van der Waals surface area contributed by atoms with Gasteiger partial charge >= 0.3 is 0 Å². The van der Waals surface area contributed by atoms with Crippen molar-refractivity contribution in [2.24, 2.45) is 0 Å². The maximum atomic E-state index is 12.9. The van der Waals surface area contributed by atoms with Crippen LogP contribution in [0.4, 0.5) is 11.4 Å². The quantitative estimate of drug-likeness (QED) is 0.772. The summed E-state index contributed by atoms with van der Waals surface area (Å²) in [5, 5.41) is 3.37. The Morgan fingerprint density at radius 2 is 1.92 bits per heavy atom. The van der Waals surface area contributed by atoms with Crippen LogP contribution in [0.3, 0.4) is 0 Å². The molecule has 0 atom stereocenters. The van der Waals surface area contributed by atoms with E-state index in [1.165, 1.54) is 16.7 Å². The van der Waals surface area contributed by atoms with Crippen LogP contribution >= 0.6 is 0 Å². The molecule has 0 saturated carbocycles. The van der Waals surface area contributed by atoms with Crippen LogP contribution in [-0.2, 0) is 13.0 Å². The molecular formula is C22H21N3O. The number of hydrogen-bond donors (Lipinski definition) is 1. The molecule has 0 spiro atoms. The van der Waals surface area contributed by atoms with Crippen molar-refractivity contribution in [3.05, 3.63) is 89.2 Å². The number of benzene rings is 2. The molecule has 0 radical (unpaired) electrons. The van der Waals surface area contributed by atoms with Crippen LogP contribution in [0.15, 0.2) is 67.0 Å². The van der Waals surface area contributed by atoms with E-state index in [4.69, 9.17) is 0 Å². The highest BCUT2D eigenvalue weighted by molar-refractivity contribution is 6.07. The zero-order valence-corrected chi connectivity index (χ0v) is 14.8. The molecule has 4 nitrogen and oxygen atoms in total. The molecule has 130 valence electrons. The Morgan fingerprint density at radius 3 is 2.81 bits per heavy atom. The first-order valence-electron chi connectivity index (χ1n) is 8.85. The predicted molar refractivity (Wildman–Crippen MR) is 105 cm³/mol. The molecule has 1 aromatic heterocycles. The molecule has 0 saturated heterocycles. The van der Waals surface area contributed by atoms with E-state index in [1.807, 2.05) is 41.3 Å². The third-order valence-corrected chi connectivity index (χ3v) is 4.86. The third-order valence-electron chi connectivity index (χ3n) is 4.86. The summed E-state index contributed by atoms with van der Waals surface area (Å²) in [4.78, 5) is 19.1. The van der Waals surface area contributed by atoms with Gasteiger partial charge in [-0.1, -0.05) is 42.5 Å². The van der Waals surface area contributed by atoms with Crippen LogP contribution in [-0.4, -0.2) is 17.4 Å². The van der Waals surface area contributed by atoms with E-state index in [-0.39, 0.29) is 5.91 Å². The van der Waals surface area contributed by atoms with Gasteiger partial charge in [0, 0.05) is 31.2 Å². The zero-order chi connectivity index (χ0) is 17.9. The molecule has 0 fully saturated rings. The van der Waals surface area contributed by atoms with E-state index in [0.29, 0.717) is 12.1 Å². The lowest BCUT2D eigenvalue weighted by Crippen LogP contribution is -2.29. The van der Waals surface area contributed by atoms with Crippen molar-refractivity contribution in [2.45, 2.75) is 19.9 Å². The van der Waals surface area contributed by atoms with Gasteiger partial charge in [0.15, 0.2) is 0 Å². The topological polar surface area (TPSA) is 45.2 Å². The number of nitrogens with one attached hydrogen (secondary N) is 1. The largest absolute Gasteiger partial charge is 0.380 e. The van der Waals surface area contributed by atoms with Crippen LogP contribution < -0.4 is 10.2 Å². The Kier molecular flexibility index (Phi) is 4.40. The monoisotopic (exact) mass is 343 g/mol. The van der Waals surface area contributed by atoms with E-state index in [1.54, 1.807) is 12.4 Å². The number of para-hydroxylation sites is 1. The van der Waals surface area contributed by atoms with Gasteiger partial charge in [0.25, 0.3) is 5.91 Å². The van der Waals surface area contributed by atoms with Crippen molar-refractivity contribution in [1.29, 1.82) is 0 Å². The Hall–Kier alpha value is -3.14. The first-order valence-corrected chi connectivity index (χ1v) is 8.85. The minimum Gasteiger partial charge on any atom is -0.380 e. The molecular weight excluding hydrogens is 322 g/mol. The van der Waals surface area contributed by atoms with Gasteiger partial charge in [-0.3, -0.25) is 9.78 Å². The van der Waals surface area contributed by atoms with Crippen LogP contribution in [0.1, 0.15) is 27.0 Å². The molecule has 1 N–H and O–H groups in total. The van der Waals surface area contributed by atoms with Crippen LogP contribution in [0.25, 0.3) is 0 Å². The van der Waals surface area contributed by atoms with Gasteiger partial charge in [-0.15, -0.1) is 0 Å². The number of aromatic nitrogens is 1. The number of fused-ring (bicyclic) bond motifs is 1. The molecule has 1 amide bonds. The van der Waals surface area contributed by atoms with E-state index in [2.05, 4.69) is 35.4 Å². The van der Waals surface area contributed by atoms with Crippen molar-refractivity contribution >= 4 is 17.3 Å². The lowest BCUT2D eigenvalue weighted by molar-refractivity contribution is 0.0989. The van der Waals surface area contributed by atoms with Gasteiger partial charge in [0.2, 0.25) is 0 Å². The number of amides is 1. The fourth-order valence-corrected chi connectivity index (χ4v) is 3.36. The summed E-state index contributed by atoms with van der Waals surface area (Å²) in [7, 11) is 0. The summed E-state index contributed by atoms with van der Waals surface area (Å²) < 4.78 is 0. The number of anilines is 2. The minimum absolute atomic E-state index is 0.00184. The van der Waals surface area contributed by atoms with E-state index < -0.39 is 0 Å². The Morgan fingerprint density at radius 1 is 1.12 bits per heavy atom. The molecule has 2 aromatic carbocycles. The summed E-state index contributed by atoms with van der Waals surface area (Å²) in [6, 6.07) is 18.2. The Labute approximate surface area is 153 Å². The van der Waals surface area contributed by atoms with E-state index in [0.717, 1.165) is 24.3 Å². The van der Waals surface area contributed by atoms with Gasteiger partial charge < -0.3 is 10.2 Å². The molecule has 26 heavy (non-hydrogen) atoms. The Balaban J connectivity index is 1.51. The van der Waals surface area contributed by atoms with Crippen LogP contribution in [0.2, 0.25) is 0 Å². The van der Waals surface area contributed by atoms with Crippen molar-refractivity contribution in [2.75, 3.05) is 16.8 Å². The maximum Gasteiger partial charge on any atom is 0.259 e. The molecule has 2 heterocycles. The van der Waals surface area contributed by atoms with Crippen molar-refractivity contribution < 1.29 is 4.79 Å². The first-order chi connectivity index (χ1) is 12.7. The number of carbonyl (C=O) groups excluding carboxylic acids is 1. The number of pyridine rings is 1. The lowest BCUT2D eigenvalue weighted by atomic mass is 10.1. The molecule has 4 rings (SSSR count). The van der Waals surface area contributed by atoms with E-state index in [9.17, 15) is 4.79 Å². The highest BCUT2D eigenvalue weighted by Crippen LogP contribution is 2.29. The van der Waals surface area contributed by atoms with Crippen LogP contribution in [0.5, 0.6) is 0 Å². The zero-order valence-electron chi connectivity index (χ0n) is 14.8. The number of carbonyl (C=O) groups is 1. The molecule has 0 aliphatic carbocycles. The molecule has 0 unspecified atom stereocenters.